The maximum atomic E-state index is 12.9. The minimum absolute atomic E-state index is 0.0737. The van der Waals surface area contributed by atoms with Crippen molar-refractivity contribution >= 4 is 17.0 Å². The van der Waals surface area contributed by atoms with Crippen molar-refractivity contribution in [3.8, 4) is 34.0 Å². The van der Waals surface area contributed by atoms with Crippen LogP contribution in [0.5, 0.6) is 11.5 Å². The number of carbonyl (C=O) groups is 1. The summed E-state index contributed by atoms with van der Waals surface area (Å²) in [5, 5.41) is 5.39. The zero-order valence-electron chi connectivity index (χ0n) is 19.3. The van der Waals surface area contributed by atoms with E-state index in [0.717, 1.165) is 22.2 Å². The van der Waals surface area contributed by atoms with Crippen LogP contribution in [0.15, 0.2) is 55.0 Å². The molecule has 9 heteroatoms. The molecule has 0 bridgehead atoms. The number of hydrogen-bond donors (Lipinski definition) is 0. The van der Waals surface area contributed by atoms with Gasteiger partial charge < -0.3 is 19.1 Å². The van der Waals surface area contributed by atoms with Crippen molar-refractivity contribution in [1.29, 1.82) is 0 Å². The predicted molar refractivity (Wildman–Crippen MR) is 127 cm³/mol. The Hall–Kier alpha value is -3.98. The van der Waals surface area contributed by atoms with Crippen LogP contribution >= 0.6 is 0 Å². The molecule has 2 aromatic carbocycles. The summed E-state index contributed by atoms with van der Waals surface area (Å²) >= 11 is 0. The van der Waals surface area contributed by atoms with Crippen LogP contribution in [-0.4, -0.2) is 63.7 Å². The first-order chi connectivity index (χ1) is 16.5. The summed E-state index contributed by atoms with van der Waals surface area (Å²) in [7, 11) is 3.41. The quantitative estimate of drug-likeness (QED) is 0.457. The van der Waals surface area contributed by atoms with E-state index >= 15 is 0 Å². The minimum Gasteiger partial charge on any atom is -0.493 e. The fourth-order valence-electron chi connectivity index (χ4n) is 4.14. The van der Waals surface area contributed by atoms with Gasteiger partial charge in [-0.1, -0.05) is 30.3 Å². The van der Waals surface area contributed by atoms with Gasteiger partial charge in [0.05, 0.1) is 37.6 Å². The van der Waals surface area contributed by atoms with Crippen LogP contribution in [0.1, 0.15) is 6.92 Å². The highest BCUT2D eigenvalue weighted by molar-refractivity contribution is 5.97. The molecule has 1 amide bonds. The number of fused-ring (bicyclic) bond motifs is 1. The second-order valence-electron chi connectivity index (χ2n) is 8.16. The van der Waals surface area contributed by atoms with Crippen LogP contribution in [0.3, 0.4) is 0 Å². The maximum absolute atomic E-state index is 12.9. The smallest absolute Gasteiger partial charge is 0.415 e. The first kappa shape index (κ1) is 21.8. The summed E-state index contributed by atoms with van der Waals surface area (Å²) in [6.07, 6.45) is 2.99. The molecular formula is C25H25N5O4. The standard InChI is InChI=1S/C25H25N5O4/c1-16-14-33-10-9-30(16)25(31)34-22-11-18-20(12-21(22)32-3)26-15-27-24(18)19-13-29(2)28-23(19)17-7-5-4-6-8-17/h4-8,11-13,15-16H,9-10,14H2,1-3H3. The topological polar surface area (TPSA) is 91.6 Å². The Kier molecular flexibility index (Phi) is 5.85. The molecule has 34 heavy (non-hydrogen) atoms. The third-order valence-corrected chi connectivity index (χ3v) is 5.85. The van der Waals surface area contributed by atoms with Crippen LogP contribution in [0, 0.1) is 0 Å². The number of morpholine rings is 1. The van der Waals surface area contributed by atoms with Gasteiger partial charge in [0.15, 0.2) is 11.5 Å². The number of aromatic nitrogens is 4. The lowest BCUT2D eigenvalue weighted by Gasteiger charge is -2.32. The Morgan fingerprint density at radius 2 is 1.94 bits per heavy atom. The maximum Gasteiger partial charge on any atom is 0.415 e. The van der Waals surface area contributed by atoms with Gasteiger partial charge in [0.1, 0.15) is 12.0 Å². The number of rotatable bonds is 4. The fraction of sp³-hybridized carbons (Fsp3) is 0.280. The van der Waals surface area contributed by atoms with Crippen molar-refractivity contribution in [2.45, 2.75) is 13.0 Å². The van der Waals surface area contributed by atoms with E-state index in [2.05, 4.69) is 15.1 Å². The molecule has 3 heterocycles. The SMILES string of the molecule is COc1cc2ncnc(-c3cn(C)nc3-c3ccccc3)c2cc1OC(=O)N1CCOCC1C. The molecule has 1 fully saturated rings. The second-order valence-corrected chi connectivity index (χ2v) is 8.16. The van der Waals surface area contributed by atoms with Crippen LogP contribution in [0.2, 0.25) is 0 Å². The third kappa shape index (κ3) is 4.06. The molecule has 1 aliphatic rings. The average molecular weight is 460 g/mol. The van der Waals surface area contributed by atoms with Gasteiger partial charge in [-0.25, -0.2) is 14.8 Å². The lowest BCUT2D eigenvalue weighted by atomic mass is 10.0. The van der Waals surface area contributed by atoms with Gasteiger partial charge in [-0.3, -0.25) is 4.68 Å². The van der Waals surface area contributed by atoms with E-state index in [0.29, 0.717) is 42.5 Å². The number of ether oxygens (including phenoxy) is 3. The number of methoxy groups -OCH3 is 1. The molecule has 0 saturated carbocycles. The number of carbonyl (C=O) groups excluding carboxylic acids is 1. The number of benzene rings is 2. The predicted octanol–water partition coefficient (Wildman–Crippen LogP) is 3.93. The zero-order chi connectivity index (χ0) is 23.7. The molecule has 9 nitrogen and oxygen atoms in total. The van der Waals surface area contributed by atoms with Crippen molar-refractivity contribution in [2.24, 2.45) is 7.05 Å². The monoisotopic (exact) mass is 459 g/mol. The molecule has 1 unspecified atom stereocenters. The van der Waals surface area contributed by atoms with Crippen LogP contribution in [-0.2, 0) is 11.8 Å². The molecule has 0 N–H and O–H groups in total. The Labute approximate surface area is 196 Å². The molecule has 0 spiro atoms. The Morgan fingerprint density at radius 1 is 1.12 bits per heavy atom. The molecule has 174 valence electrons. The van der Waals surface area contributed by atoms with Crippen LogP contribution in [0.4, 0.5) is 4.79 Å². The summed E-state index contributed by atoms with van der Waals surface area (Å²) in [6.45, 7) is 3.36. The van der Waals surface area contributed by atoms with Crippen LogP contribution < -0.4 is 9.47 Å². The second kappa shape index (κ2) is 9.11. The van der Waals surface area contributed by atoms with Gasteiger partial charge in [-0.15, -0.1) is 0 Å². The van der Waals surface area contributed by atoms with E-state index in [9.17, 15) is 4.79 Å². The first-order valence-corrected chi connectivity index (χ1v) is 11.0. The highest BCUT2D eigenvalue weighted by Gasteiger charge is 2.27. The van der Waals surface area contributed by atoms with E-state index in [1.807, 2.05) is 50.5 Å². The van der Waals surface area contributed by atoms with E-state index in [-0.39, 0.29) is 6.04 Å². The number of aryl methyl sites for hydroxylation is 1. The van der Waals surface area contributed by atoms with E-state index in [4.69, 9.17) is 14.2 Å². The Morgan fingerprint density at radius 3 is 2.71 bits per heavy atom. The fourth-order valence-corrected chi connectivity index (χ4v) is 4.14. The first-order valence-electron chi connectivity index (χ1n) is 11.0. The summed E-state index contributed by atoms with van der Waals surface area (Å²) in [5.41, 5.74) is 4.00. The Balaban J connectivity index is 1.60. The highest BCUT2D eigenvalue weighted by Crippen LogP contribution is 2.38. The number of amides is 1. The molecule has 1 atom stereocenters. The van der Waals surface area contributed by atoms with Crippen molar-refractivity contribution in [2.75, 3.05) is 26.9 Å². The van der Waals surface area contributed by atoms with Crippen molar-refractivity contribution in [3.05, 3.63) is 55.0 Å². The average Bonchev–Trinajstić information content (AvgIpc) is 3.25. The van der Waals surface area contributed by atoms with Crippen LogP contribution in [0.25, 0.3) is 33.4 Å². The van der Waals surface area contributed by atoms with Gasteiger partial charge >= 0.3 is 6.09 Å². The molecule has 1 aliphatic heterocycles. The molecule has 1 saturated heterocycles. The lowest BCUT2D eigenvalue weighted by molar-refractivity contribution is 0.00834. The van der Waals surface area contributed by atoms with E-state index < -0.39 is 6.09 Å². The zero-order valence-corrected chi connectivity index (χ0v) is 19.3. The summed E-state index contributed by atoms with van der Waals surface area (Å²) in [4.78, 5) is 23.6. The van der Waals surface area contributed by atoms with E-state index in [1.54, 1.807) is 21.7 Å². The Bertz CT molecular complexity index is 1340. The molecular weight excluding hydrogens is 434 g/mol. The van der Waals surface area contributed by atoms with Crippen molar-refractivity contribution in [3.63, 3.8) is 0 Å². The van der Waals surface area contributed by atoms with Gasteiger partial charge in [0.2, 0.25) is 0 Å². The molecule has 0 radical (unpaired) electrons. The van der Waals surface area contributed by atoms with Crippen molar-refractivity contribution in [1.82, 2.24) is 24.6 Å². The molecule has 2 aromatic heterocycles. The summed E-state index contributed by atoms with van der Waals surface area (Å²) < 4.78 is 18.5. The molecule has 4 aromatic rings. The molecule has 5 rings (SSSR count). The van der Waals surface area contributed by atoms with Gasteiger partial charge in [-0.2, -0.15) is 5.10 Å². The summed E-state index contributed by atoms with van der Waals surface area (Å²) in [5.74, 6) is 0.723. The summed E-state index contributed by atoms with van der Waals surface area (Å²) in [6, 6.07) is 13.4. The normalized spacial score (nSPS) is 16.0. The van der Waals surface area contributed by atoms with E-state index in [1.165, 1.54) is 13.4 Å². The minimum atomic E-state index is -0.446. The number of hydrogen-bond acceptors (Lipinski definition) is 7. The third-order valence-electron chi connectivity index (χ3n) is 5.85. The molecule has 0 aliphatic carbocycles. The lowest BCUT2D eigenvalue weighted by Crippen LogP contribution is -2.48. The van der Waals surface area contributed by atoms with Gasteiger partial charge in [0.25, 0.3) is 0 Å². The number of nitrogens with zero attached hydrogens (tertiary/aromatic N) is 5. The highest BCUT2D eigenvalue weighted by atomic mass is 16.6. The van der Waals surface area contributed by atoms with Gasteiger partial charge in [0, 0.05) is 42.4 Å². The van der Waals surface area contributed by atoms with Crippen molar-refractivity contribution < 1.29 is 19.0 Å². The van der Waals surface area contributed by atoms with Gasteiger partial charge in [-0.05, 0) is 13.0 Å². The largest absolute Gasteiger partial charge is 0.493 e.